The van der Waals surface area contributed by atoms with Crippen molar-refractivity contribution in [1.82, 2.24) is 4.90 Å². The Labute approximate surface area is 109 Å². The van der Waals surface area contributed by atoms with E-state index in [1.807, 2.05) is 17.9 Å². The highest BCUT2D eigenvalue weighted by Gasteiger charge is 2.23. The second-order valence-electron chi connectivity index (χ2n) is 4.97. The van der Waals surface area contributed by atoms with Crippen LogP contribution in [0.4, 0.5) is 0 Å². The molecular weight excluding hydrogens is 224 g/mol. The van der Waals surface area contributed by atoms with Crippen molar-refractivity contribution < 1.29 is 4.79 Å². The Bertz CT molecular complexity index is 413. The summed E-state index contributed by atoms with van der Waals surface area (Å²) in [5.74, 6) is 0.201. The van der Waals surface area contributed by atoms with Gasteiger partial charge in [0.2, 0.25) is 5.91 Å². The Balaban J connectivity index is 2.14. The molecule has 2 N–H and O–H groups in total. The van der Waals surface area contributed by atoms with Gasteiger partial charge in [-0.05, 0) is 30.4 Å². The summed E-state index contributed by atoms with van der Waals surface area (Å²) in [4.78, 5) is 14.3. The minimum atomic E-state index is -0.0183. The first kappa shape index (κ1) is 13.1. The number of hydrogen-bond acceptors (Lipinski definition) is 2. The van der Waals surface area contributed by atoms with Crippen molar-refractivity contribution in [3.05, 3.63) is 35.4 Å². The molecule has 0 spiro atoms. The van der Waals surface area contributed by atoms with Crippen LogP contribution in [0.15, 0.2) is 24.3 Å². The van der Waals surface area contributed by atoms with Crippen molar-refractivity contribution in [3.8, 4) is 0 Å². The van der Waals surface area contributed by atoms with Gasteiger partial charge in [-0.15, -0.1) is 0 Å². The minimum absolute atomic E-state index is 0.0183. The zero-order valence-corrected chi connectivity index (χ0v) is 11.1. The average Bonchev–Trinajstić information content (AvgIpc) is 2.62. The SMILES string of the molecule is CCC(CN)C(=O)N1CCCc2ccccc2C1. The molecule has 1 aromatic rings. The number of benzene rings is 1. The van der Waals surface area contributed by atoms with Gasteiger partial charge >= 0.3 is 0 Å². The molecule has 18 heavy (non-hydrogen) atoms. The first-order valence-electron chi connectivity index (χ1n) is 6.82. The van der Waals surface area contributed by atoms with Gasteiger partial charge in [0, 0.05) is 19.6 Å². The summed E-state index contributed by atoms with van der Waals surface area (Å²) >= 11 is 0. The molecule has 1 heterocycles. The highest BCUT2D eigenvalue weighted by Crippen LogP contribution is 2.20. The largest absolute Gasteiger partial charge is 0.338 e. The lowest BCUT2D eigenvalue weighted by Crippen LogP contribution is -2.38. The number of fused-ring (bicyclic) bond motifs is 1. The van der Waals surface area contributed by atoms with Crippen LogP contribution >= 0.6 is 0 Å². The molecule has 1 aliphatic rings. The van der Waals surface area contributed by atoms with Crippen molar-refractivity contribution in [2.24, 2.45) is 11.7 Å². The van der Waals surface area contributed by atoms with E-state index in [4.69, 9.17) is 5.73 Å². The molecule has 0 bridgehead atoms. The Kier molecular flexibility index (Phi) is 4.37. The summed E-state index contributed by atoms with van der Waals surface area (Å²) in [6.45, 7) is 4.07. The van der Waals surface area contributed by atoms with E-state index in [0.29, 0.717) is 6.54 Å². The van der Waals surface area contributed by atoms with Crippen molar-refractivity contribution in [3.63, 3.8) is 0 Å². The van der Waals surface area contributed by atoms with E-state index >= 15 is 0 Å². The summed E-state index contributed by atoms with van der Waals surface area (Å²) in [6, 6.07) is 8.42. The van der Waals surface area contributed by atoms with Gasteiger partial charge in [-0.25, -0.2) is 0 Å². The highest BCUT2D eigenvalue weighted by atomic mass is 16.2. The van der Waals surface area contributed by atoms with Crippen LogP contribution < -0.4 is 5.73 Å². The third-order valence-electron chi connectivity index (χ3n) is 3.79. The van der Waals surface area contributed by atoms with Crippen LogP contribution in [0.25, 0.3) is 0 Å². The zero-order valence-electron chi connectivity index (χ0n) is 11.1. The molecule has 0 fully saturated rings. The Hall–Kier alpha value is -1.35. The van der Waals surface area contributed by atoms with E-state index in [0.717, 1.165) is 32.4 Å². The first-order chi connectivity index (χ1) is 8.76. The molecule has 3 nitrogen and oxygen atoms in total. The summed E-state index contributed by atoms with van der Waals surface area (Å²) in [5, 5.41) is 0. The van der Waals surface area contributed by atoms with Crippen LogP contribution in [0.5, 0.6) is 0 Å². The van der Waals surface area contributed by atoms with Gasteiger partial charge in [0.05, 0.1) is 5.92 Å². The van der Waals surface area contributed by atoms with E-state index in [9.17, 15) is 4.79 Å². The summed E-state index contributed by atoms with van der Waals surface area (Å²) < 4.78 is 0. The molecule has 1 atom stereocenters. The number of amides is 1. The van der Waals surface area contributed by atoms with E-state index in [1.54, 1.807) is 0 Å². The lowest BCUT2D eigenvalue weighted by molar-refractivity contribution is -0.135. The van der Waals surface area contributed by atoms with Crippen LogP contribution in [0.2, 0.25) is 0 Å². The van der Waals surface area contributed by atoms with Gasteiger partial charge in [-0.1, -0.05) is 31.2 Å². The van der Waals surface area contributed by atoms with Crippen LogP contribution in [0.3, 0.4) is 0 Å². The minimum Gasteiger partial charge on any atom is -0.338 e. The van der Waals surface area contributed by atoms with Gasteiger partial charge in [0.25, 0.3) is 0 Å². The van der Waals surface area contributed by atoms with E-state index in [-0.39, 0.29) is 11.8 Å². The predicted molar refractivity (Wildman–Crippen MR) is 73.0 cm³/mol. The Morgan fingerprint density at radius 1 is 1.39 bits per heavy atom. The fourth-order valence-electron chi connectivity index (χ4n) is 2.59. The fraction of sp³-hybridized carbons (Fsp3) is 0.533. The molecule has 1 aliphatic heterocycles. The number of hydrogen-bond donors (Lipinski definition) is 1. The van der Waals surface area contributed by atoms with Gasteiger partial charge < -0.3 is 10.6 Å². The maximum absolute atomic E-state index is 12.4. The average molecular weight is 246 g/mol. The number of carbonyl (C=O) groups excluding carboxylic acids is 1. The quantitative estimate of drug-likeness (QED) is 0.886. The van der Waals surface area contributed by atoms with E-state index in [2.05, 4.69) is 18.2 Å². The topological polar surface area (TPSA) is 46.3 Å². The lowest BCUT2D eigenvalue weighted by Gasteiger charge is -2.25. The summed E-state index contributed by atoms with van der Waals surface area (Å²) in [7, 11) is 0. The van der Waals surface area contributed by atoms with Crippen molar-refractivity contribution in [1.29, 1.82) is 0 Å². The van der Waals surface area contributed by atoms with Gasteiger partial charge in [-0.3, -0.25) is 4.79 Å². The zero-order chi connectivity index (χ0) is 13.0. The van der Waals surface area contributed by atoms with Crippen molar-refractivity contribution in [2.45, 2.75) is 32.7 Å². The smallest absolute Gasteiger partial charge is 0.227 e. The second-order valence-corrected chi connectivity index (χ2v) is 4.97. The van der Waals surface area contributed by atoms with Crippen molar-refractivity contribution in [2.75, 3.05) is 13.1 Å². The molecule has 1 aromatic carbocycles. The number of rotatable bonds is 3. The molecule has 1 amide bonds. The molecule has 3 heteroatoms. The van der Waals surface area contributed by atoms with Crippen LogP contribution in [-0.4, -0.2) is 23.9 Å². The van der Waals surface area contributed by atoms with Crippen LogP contribution in [-0.2, 0) is 17.8 Å². The van der Waals surface area contributed by atoms with E-state index in [1.165, 1.54) is 11.1 Å². The molecule has 2 rings (SSSR count). The molecule has 98 valence electrons. The maximum atomic E-state index is 12.4. The fourth-order valence-corrected chi connectivity index (χ4v) is 2.59. The third-order valence-corrected chi connectivity index (χ3v) is 3.79. The molecule has 0 aromatic heterocycles. The number of aryl methyl sites for hydroxylation is 1. The Morgan fingerprint density at radius 2 is 2.11 bits per heavy atom. The molecule has 0 saturated heterocycles. The van der Waals surface area contributed by atoms with Crippen LogP contribution in [0.1, 0.15) is 30.9 Å². The second kappa shape index (κ2) is 6.01. The van der Waals surface area contributed by atoms with E-state index < -0.39 is 0 Å². The van der Waals surface area contributed by atoms with Gasteiger partial charge in [-0.2, -0.15) is 0 Å². The maximum Gasteiger partial charge on any atom is 0.227 e. The van der Waals surface area contributed by atoms with Gasteiger partial charge in [0.15, 0.2) is 0 Å². The predicted octanol–water partition coefficient (Wildman–Crippen LogP) is 1.95. The Morgan fingerprint density at radius 3 is 2.78 bits per heavy atom. The summed E-state index contributed by atoms with van der Waals surface area (Å²) in [5.41, 5.74) is 8.35. The summed E-state index contributed by atoms with van der Waals surface area (Å²) in [6.07, 6.45) is 2.94. The van der Waals surface area contributed by atoms with Gasteiger partial charge in [0.1, 0.15) is 0 Å². The molecule has 0 aliphatic carbocycles. The molecular formula is C15H22N2O. The molecule has 0 saturated carbocycles. The third kappa shape index (κ3) is 2.72. The van der Waals surface area contributed by atoms with Crippen molar-refractivity contribution >= 4 is 5.91 Å². The first-order valence-corrected chi connectivity index (χ1v) is 6.82. The normalized spacial score (nSPS) is 16.9. The standard InChI is InChI=1S/C15H22N2O/c1-2-12(10-16)15(18)17-9-5-8-13-6-3-4-7-14(13)11-17/h3-4,6-7,12H,2,5,8-11,16H2,1H3. The number of nitrogens with zero attached hydrogens (tertiary/aromatic N) is 1. The molecule has 0 radical (unpaired) electrons. The molecule has 1 unspecified atom stereocenters. The number of carbonyl (C=O) groups is 1. The monoisotopic (exact) mass is 246 g/mol. The van der Waals surface area contributed by atoms with Crippen LogP contribution in [0, 0.1) is 5.92 Å². The highest BCUT2D eigenvalue weighted by molar-refractivity contribution is 5.79. The lowest BCUT2D eigenvalue weighted by atomic mass is 10.0. The number of nitrogens with two attached hydrogens (primary N) is 1.